The van der Waals surface area contributed by atoms with Crippen molar-refractivity contribution in [3.63, 3.8) is 0 Å². The molecule has 134 valence electrons. The highest BCUT2D eigenvalue weighted by Gasteiger charge is 2.23. The number of carbonyl (C=O) groups is 1. The first-order chi connectivity index (χ1) is 11.5. The van der Waals surface area contributed by atoms with Crippen LogP contribution in [0.3, 0.4) is 0 Å². The van der Waals surface area contributed by atoms with Crippen LogP contribution in [0.4, 0.5) is 0 Å². The lowest BCUT2D eigenvalue weighted by atomic mass is 9.84. The van der Waals surface area contributed by atoms with Gasteiger partial charge in [-0.2, -0.15) is 0 Å². The van der Waals surface area contributed by atoms with Gasteiger partial charge in [0.25, 0.3) is 0 Å². The number of rotatable bonds is 8. The Balaban J connectivity index is 2.16. The predicted molar refractivity (Wildman–Crippen MR) is 98.0 cm³/mol. The van der Waals surface area contributed by atoms with Gasteiger partial charge in [0, 0.05) is 11.5 Å². The van der Waals surface area contributed by atoms with Crippen molar-refractivity contribution in [2.24, 2.45) is 17.8 Å². The van der Waals surface area contributed by atoms with Crippen LogP contribution in [0.1, 0.15) is 70.2 Å². The van der Waals surface area contributed by atoms with Crippen LogP contribution in [0, 0.1) is 17.8 Å². The van der Waals surface area contributed by atoms with E-state index in [4.69, 9.17) is 9.47 Å². The summed E-state index contributed by atoms with van der Waals surface area (Å²) in [6.07, 6.45) is 5.64. The fourth-order valence-corrected chi connectivity index (χ4v) is 3.01. The number of hydrogen-bond donors (Lipinski definition) is 0. The first-order valence-electron chi connectivity index (χ1n) is 9.41. The quantitative estimate of drug-likeness (QED) is 0.588. The summed E-state index contributed by atoms with van der Waals surface area (Å²) >= 11 is 0. The van der Waals surface area contributed by atoms with Crippen LogP contribution >= 0.6 is 0 Å². The van der Waals surface area contributed by atoms with E-state index >= 15 is 0 Å². The van der Waals surface area contributed by atoms with E-state index in [1.54, 1.807) is 0 Å². The average Bonchev–Trinajstić information content (AvgIpc) is 2.58. The monoisotopic (exact) mass is 332 g/mol. The molecule has 0 N–H and O–H groups in total. The number of Topliss-reactive ketones (excluding diaryl/α,β-unsaturated/α-hetero) is 1. The fourth-order valence-electron chi connectivity index (χ4n) is 3.01. The van der Waals surface area contributed by atoms with Crippen LogP contribution in [0.25, 0.3) is 0 Å². The summed E-state index contributed by atoms with van der Waals surface area (Å²) in [6, 6.07) is 5.68. The molecule has 0 unspecified atom stereocenters. The van der Waals surface area contributed by atoms with Gasteiger partial charge in [-0.3, -0.25) is 4.79 Å². The van der Waals surface area contributed by atoms with Gasteiger partial charge in [-0.05, 0) is 42.9 Å². The van der Waals surface area contributed by atoms with Gasteiger partial charge in [-0.25, -0.2) is 0 Å². The number of ketones is 1. The van der Waals surface area contributed by atoms with Crippen LogP contribution in [0.2, 0.25) is 0 Å². The third-order valence-electron chi connectivity index (χ3n) is 4.35. The van der Waals surface area contributed by atoms with Gasteiger partial charge in [0.1, 0.15) is 0 Å². The maximum Gasteiger partial charge on any atom is 0.166 e. The third-order valence-corrected chi connectivity index (χ3v) is 4.35. The van der Waals surface area contributed by atoms with E-state index in [1.165, 1.54) is 19.3 Å². The van der Waals surface area contributed by atoms with Crippen LogP contribution in [-0.4, -0.2) is 19.0 Å². The van der Waals surface area contributed by atoms with Crippen molar-refractivity contribution >= 4 is 5.78 Å². The first kappa shape index (κ1) is 18.8. The van der Waals surface area contributed by atoms with Crippen LogP contribution < -0.4 is 9.47 Å². The van der Waals surface area contributed by atoms with Gasteiger partial charge in [-0.15, -0.1) is 0 Å². The highest BCUT2D eigenvalue weighted by atomic mass is 16.5. The molecule has 1 aliphatic rings. The molecule has 0 radical (unpaired) electrons. The van der Waals surface area contributed by atoms with E-state index in [2.05, 4.69) is 27.7 Å². The van der Waals surface area contributed by atoms with E-state index in [-0.39, 0.29) is 11.7 Å². The highest BCUT2D eigenvalue weighted by Crippen LogP contribution is 2.32. The molecule has 0 spiro atoms. The molecular weight excluding hydrogens is 300 g/mol. The molecule has 1 fully saturated rings. The molecule has 0 amide bonds. The Kier molecular flexibility index (Phi) is 7.14. The lowest BCUT2D eigenvalue weighted by Crippen LogP contribution is -2.18. The third kappa shape index (κ3) is 5.54. The second-order valence-electron chi connectivity index (χ2n) is 7.77. The van der Waals surface area contributed by atoms with Crippen molar-refractivity contribution < 1.29 is 14.3 Å². The molecule has 3 heteroatoms. The van der Waals surface area contributed by atoms with E-state index < -0.39 is 0 Å². The Labute approximate surface area is 146 Å². The zero-order chi connectivity index (χ0) is 17.5. The van der Waals surface area contributed by atoms with Gasteiger partial charge in [0.15, 0.2) is 17.3 Å². The molecule has 0 bridgehead atoms. The molecule has 0 aromatic heterocycles. The van der Waals surface area contributed by atoms with Gasteiger partial charge in [0.05, 0.1) is 13.2 Å². The second-order valence-corrected chi connectivity index (χ2v) is 7.77. The van der Waals surface area contributed by atoms with Crippen molar-refractivity contribution in [2.45, 2.75) is 59.8 Å². The normalized spacial score (nSPS) is 15.8. The van der Waals surface area contributed by atoms with Crippen LogP contribution in [-0.2, 0) is 0 Å². The SMILES string of the molecule is CC(C)COc1ccc(C(=O)C2CCCCC2)cc1OCC(C)C. The number of carbonyl (C=O) groups excluding carboxylic acids is 1. The number of benzene rings is 1. The highest BCUT2D eigenvalue weighted by molar-refractivity contribution is 5.98. The largest absolute Gasteiger partial charge is 0.489 e. The Hall–Kier alpha value is -1.51. The minimum atomic E-state index is 0.180. The maximum atomic E-state index is 12.8. The predicted octanol–water partition coefficient (Wildman–Crippen LogP) is 5.52. The van der Waals surface area contributed by atoms with E-state index in [0.29, 0.717) is 30.8 Å². The Morgan fingerprint density at radius 3 is 2.12 bits per heavy atom. The lowest BCUT2D eigenvalue weighted by Gasteiger charge is -2.21. The zero-order valence-corrected chi connectivity index (χ0v) is 15.6. The van der Waals surface area contributed by atoms with Gasteiger partial charge >= 0.3 is 0 Å². The molecule has 0 atom stereocenters. The molecule has 2 rings (SSSR count). The number of ether oxygens (including phenoxy) is 2. The zero-order valence-electron chi connectivity index (χ0n) is 15.6. The second kappa shape index (κ2) is 9.10. The molecule has 1 aromatic carbocycles. The topological polar surface area (TPSA) is 35.5 Å². The summed E-state index contributed by atoms with van der Waals surface area (Å²) in [4.78, 5) is 12.8. The summed E-state index contributed by atoms with van der Waals surface area (Å²) in [7, 11) is 0. The van der Waals surface area contributed by atoms with Crippen molar-refractivity contribution in [1.82, 2.24) is 0 Å². The molecule has 1 aliphatic carbocycles. The summed E-state index contributed by atoms with van der Waals surface area (Å²) in [5.74, 6) is 2.77. The van der Waals surface area contributed by atoms with Gasteiger partial charge in [-0.1, -0.05) is 47.0 Å². The van der Waals surface area contributed by atoms with E-state index in [0.717, 1.165) is 24.2 Å². The summed E-state index contributed by atoms with van der Waals surface area (Å²) in [6.45, 7) is 9.75. The smallest absolute Gasteiger partial charge is 0.166 e. The average molecular weight is 332 g/mol. The molecule has 1 aromatic rings. The Morgan fingerprint density at radius 1 is 0.958 bits per heavy atom. The van der Waals surface area contributed by atoms with Crippen LogP contribution in [0.5, 0.6) is 11.5 Å². The molecule has 24 heavy (non-hydrogen) atoms. The van der Waals surface area contributed by atoms with Gasteiger partial charge < -0.3 is 9.47 Å². The first-order valence-corrected chi connectivity index (χ1v) is 9.41. The fraction of sp³-hybridized carbons (Fsp3) is 0.667. The summed E-state index contributed by atoms with van der Waals surface area (Å²) < 4.78 is 11.8. The molecule has 0 heterocycles. The molecule has 0 aliphatic heterocycles. The molecule has 0 saturated heterocycles. The molecule has 3 nitrogen and oxygen atoms in total. The molecular formula is C21H32O3. The lowest BCUT2D eigenvalue weighted by molar-refractivity contribution is 0.0889. The van der Waals surface area contributed by atoms with Gasteiger partial charge in [0.2, 0.25) is 0 Å². The Bertz CT molecular complexity index is 528. The van der Waals surface area contributed by atoms with Crippen molar-refractivity contribution in [3.8, 4) is 11.5 Å². The van der Waals surface area contributed by atoms with E-state index in [9.17, 15) is 4.79 Å². The van der Waals surface area contributed by atoms with Crippen molar-refractivity contribution in [1.29, 1.82) is 0 Å². The van der Waals surface area contributed by atoms with E-state index in [1.807, 2.05) is 18.2 Å². The Morgan fingerprint density at radius 2 is 1.54 bits per heavy atom. The standard InChI is InChI=1S/C21H32O3/c1-15(2)13-23-19-11-10-18(12-20(19)24-14-16(3)4)21(22)17-8-6-5-7-9-17/h10-12,15-17H,5-9,13-14H2,1-4H3. The van der Waals surface area contributed by atoms with Crippen molar-refractivity contribution in [2.75, 3.05) is 13.2 Å². The molecule has 1 saturated carbocycles. The van der Waals surface area contributed by atoms with Crippen LogP contribution in [0.15, 0.2) is 18.2 Å². The minimum absolute atomic E-state index is 0.180. The van der Waals surface area contributed by atoms with Crippen molar-refractivity contribution in [3.05, 3.63) is 23.8 Å². The summed E-state index contributed by atoms with van der Waals surface area (Å²) in [5, 5.41) is 0. The minimum Gasteiger partial charge on any atom is -0.489 e. The maximum absolute atomic E-state index is 12.8. The summed E-state index contributed by atoms with van der Waals surface area (Å²) in [5.41, 5.74) is 0.762. The number of hydrogen-bond acceptors (Lipinski definition) is 3.